The maximum absolute atomic E-state index is 10.3. The number of halogens is 1. The van der Waals surface area contributed by atoms with Crippen molar-refractivity contribution >= 4 is 39.7 Å². The lowest BCUT2D eigenvalue weighted by molar-refractivity contribution is 0.189. The van der Waals surface area contributed by atoms with Gasteiger partial charge < -0.3 is 19.5 Å². The molecule has 2 aromatic carbocycles. The van der Waals surface area contributed by atoms with Gasteiger partial charge in [-0.05, 0) is 25.5 Å². The van der Waals surface area contributed by atoms with Gasteiger partial charge >= 0.3 is 0 Å². The smallest absolute Gasteiger partial charge is 0.163 e. The molecule has 2 aromatic heterocycles. The first-order valence-corrected chi connectivity index (χ1v) is 9.85. The molecule has 0 aliphatic heterocycles. The standard InChI is InChI=1S/C22H23ClN4O3/c1-12-7-6-8-14(23)20(12)26(3)22-17-11-24-21(13(2)28)27(17)16-10-19(30-5)18(29-4)9-15(16)25-22/h6-11,13,28H,1-5H3. The highest BCUT2D eigenvalue weighted by Crippen LogP contribution is 2.38. The van der Waals surface area contributed by atoms with Crippen LogP contribution in [0.15, 0.2) is 36.5 Å². The van der Waals surface area contributed by atoms with Crippen LogP contribution in [0.3, 0.4) is 0 Å². The van der Waals surface area contributed by atoms with Gasteiger partial charge in [-0.1, -0.05) is 23.7 Å². The van der Waals surface area contributed by atoms with E-state index in [0.29, 0.717) is 33.7 Å². The third kappa shape index (κ3) is 3.11. The number of aliphatic hydroxyl groups is 1. The van der Waals surface area contributed by atoms with Crippen molar-refractivity contribution in [3.05, 3.63) is 52.9 Å². The molecule has 4 rings (SSSR count). The molecule has 0 amide bonds. The van der Waals surface area contributed by atoms with Crippen LogP contribution in [0.1, 0.15) is 24.4 Å². The molecule has 7 nitrogen and oxygen atoms in total. The number of fused-ring (bicyclic) bond motifs is 3. The highest BCUT2D eigenvalue weighted by molar-refractivity contribution is 6.33. The predicted octanol–water partition coefficient (Wildman–Crippen LogP) is 4.68. The van der Waals surface area contributed by atoms with Gasteiger partial charge in [0.05, 0.1) is 42.2 Å². The summed E-state index contributed by atoms with van der Waals surface area (Å²) in [5.74, 6) is 2.31. The molecule has 8 heteroatoms. The first kappa shape index (κ1) is 20.3. The first-order chi connectivity index (χ1) is 14.4. The number of hydrogen-bond donors (Lipinski definition) is 1. The number of nitrogens with zero attached hydrogens (tertiary/aromatic N) is 4. The lowest BCUT2D eigenvalue weighted by Crippen LogP contribution is -2.15. The molecule has 0 saturated carbocycles. The van der Waals surface area contributed by atoms with Crippen molar-refractivity contribution in [2.24, 2.45) is 0 Å². The van der Waals surface area contributed by atoms with Gasteiger partial charge in [-0.3, -0.25) is 4.40 Å². The van der Waals surface area contributed by atoms with Crippen molar-refractivity contribution < 1.29 is 14.6 Å². The van der Waals surface area contributed by atoms with Crippen LogP contribution < -0.4 is 14.4 Å². The Hall–Kier alpha value is -3.03. The summed E-state index contributed by atoms with van der Waals surface area (Å²) in [6.45, 7) is 3.69. The minimum absolute atomic E-state index is 0.509. The molecule has 0 aliphatic carbocycles. The molecule has 2 heterocycles. The minimum Gasteiger partial charge on any atom is -0.493 e. The Morgan fingerprint density at radius 3 is 2.47 bits per heavy atom. The molecule has 0 saturated heterocycles. The zero-order valence-electron chi connectivity index (χ0n) is 17.5. The van der Waals surface area contributed by atoms with Crippen LogP contribution in [-0.4, -0.2) is 40.7 Å². The monoisotopic (exact) mass is 426 g/mol. The second-order valence-corrected chi connectivity index (χ2v) is 7.52. The predicted molar refractivity (Wildman–Crippen MR) is 118 cm³/mol. The summed E-state index contributed by atoms with van der Waals surface area (Å²) in [5, 5.41) is 11.0. The maximum atomic E-state index is 10.3. The number of anilines is 2. The summed E-state index contributed by atoms with van der Waals surface area (Å²) in [7, 11) is 5.08. The number of aromatic nitrogens is 3. The molecular weight excluding hydrogens is 404 g/mol. The average molecular weight is 427 g/mol. The van der Waals surface area contributed by atoms with Gasteiger partial charge in [0.15, 0.2) is 17.3 Å². The Bertz CT molecular complexity index is 1230. The highest BCUT2D eigenvalue weighted by Gasteiger charge is 2.22. The Kier molecular flexibility index (Phi) is 5.17. The fraction of sp³-hybridized carbons (Fsp3) is 0.273. The van der Waals surface area contributed by atoms with E-state index in [1.54, 1.807) is 27.3 Å². The van der Waals surface area contributed by atoms with Gasteiger partial charge in [0.1, 0.15) is 17.4 Å². The van der Waals surface area contributed by atoms with Crippen LogP contribution >= 0.6 is 11.6 Å². The maximum Gasteiger partial charge on any atom is 0.163 e. The second-order valence-electron chi connectivity index (χ2n) is 7.11. The third-order valence-corrected chi connectivity index (χ3v) is 5.49. The van der Waals surface area contributed by atoms with E-state index < -0.39 is 6.10 Å². The lowest BCUT2D eigenvalue weighted by Gasteiger charge is -2.24. The molecule has 1 unspecified atom stereocenters. The normalized spacial score (nSPS) is 12.4. The topological polar surface area (TPSA) is 72.1 Å². The Morgan fingerprint density at radius 2 is 1.83 bits per heavy atom. The molecule has 0 radical (unpaired) electrons. The van der Waals surface area contributed by atoms with Crippen LogP contribution in [0.25, 0.3) is 16.6 Å². The van der Waals surface area contributed by atoms with Gasteiger partial charge in [0.2, 0.25) is 0 Å². The van der Waals surface area contributed by atoms with Crippen molar-refractivity contribution in [1.82, 2.24) is 14.4 Å². The van der Waals surface area contributed by atoms with E-state index in [2.05, 4.69) is 4.98 Å². The summed E-state index contributed by atoms with van der Waals surface area (Å²) in [6.07, 6.45) is 0.940. The number of ether oxygens (including phenoxy) is 2. The van der Waals surface area contributed by atoms with Crippen LogP contribution in [0, 0.1) is 6.92 Å². The van der Waals surface area contributed by atoms with Crippen molar-refractivity contribution in [2.45, 2.75) is 20.0 Å². The number of benzene rings is 2. The zero-order chi connectivity index (χ0) is 21.6. The molecule has 1 N–H and O–H groups in total. The van der Waals surface area contributed by atoms with Crippen molar-refractivity contribution in [1.29, 1.82) is 0 Å². The molecule has 0 bridgehead atoms. The van der Waals surface area contributed by atoms with E-state index >= 15 is 0 Å². The molecule has 1 atom stereocenters. The van der Waals surface area contributed by atoms with E-state index in [4.69, 9.17) is 26.1 Å². The van der Waals surface area contributed by atoms with E-state index in [1.165, 1.54) is 0 Å². The van der Waals surface area contributed by atoms with Gasteiger partial charge in [-0.25, -0.2) is 9.97 Å². The first-order valence-electron chi connectivity index (χ1n) is 9.47. The second kappa shape index (κ2) is 7.66. The van der Waals surface area contributed by atoms with Gasteiger partial charge in [-0.2, -0.15) is 0 Å². The summed E-state index contributed by atoms with van der Waals surface area (Å²) in [4.78, 5) is 11.3. The number of methoxy groups -OCH3 is 2. The van der Waals surface area contributed by atoms with Crippen LogP contribution in [0.5, 0.6) is 11.5 Å². The van der Waals surface area contributed by atoms with E-state index in [9.17, 15) is 5.11 Å². The van der Waals surface area contributed by atoms with E-state index in [-0.39, 0.29) is 0 Å². The number of rotatable bonds is 5. The summed E-state index contributed by atoms with van der Waals surface area (Å²) >= 11 is 6.52. The van der Waals surface area contributed by atoms with Crippen LogP contribution in [0.2, 0.25) is 5.02 Å². The average Bonchev–Trinajstić information content (AvgIpc) is 3.17. The highest BCUT2D eigenvalue weighted by atomic mass is 35.5. The Balaban J connectivity index is 2.09. The molecule has 0 aliphatic rings. The number of aliphatic hydroxyl groups excluding tert-OH is 1. The molecule has 0 spiro atoms. The quantitative estimate of drug-likeness (QED) is 0.499. The van der Waals surface area contributed by atoms with Gasteiger partial charge in [-0.15, -0.1) is 0 Å². The fourth-order valence-electron chi connectivity index (χ4n) is 3.77. The van der Waals surface area contributed by atoms with Gasteiger partial charge in [0.25, 0.3) is 0 Å². The van der Waals surface area contributed by atoms with Crippen molar-refractivity contribution in [2.75, 3.05) is 26.2 Å². The zero-order valence-corrected chi connectivity index (χ0v) is 18.2. The molecular formula is C22H23ClN4O3. The fourth-order valence-corrected chi connectivity index (χ4v) is 4.12. The van der Waals surface area contributed by atoms with Crippen LogP contribution in [0.4, 0.5) is 11.5 Å². The summed E-state index contributed by atoms with van der Waals surface area (Å²) < 4.78 is 12.8. The van der Waals surface area contributed by atoms with Gasteiger partial charge in [0, 0.05) is 19.2 Å². The SMILES string of the molecule is COc1cc2nc(N(C)c3c(C)cccc3Cl)c3cnc(C(C)O)n3c2cc1OC. The lowest BCUT2D eigenvalue weighted by atomic mass is 10.2. The van der Waals surface area contributed by atoms with Crippen molar-refractivity contribution in [3.8, 4) is 11.5 Å². The summed E-state index contributed by atoms with van der Waals surface area (Å²) in [5.41, 5.74) is 4.05. The Labute approximate surface area is 179 Å². The third-order valence-electron chi connectivity index (χ3n) is 5.18. The Morgan fingerprint density at radius 1 is 1.13 bits per heavy atom. The van der Waals surface area contributed by atoms with Crippen LogP contribution in [-0.2, 0) is 0 Å². The van der Waals surface area contributed by atoms with E-state index in [1.807, 2.05) is 53.6 Å². The minimum atomic E-state index is -0.772. The molecule has 4 aromatic rings. The molecule has 156 valence electrons. The largest absolute Gasteiger partial charge is 0.493 e. The number of hydrogen-bond acceptors (Lipinski definition) is 6. The molecule has 0 fully saturated rings. The van der Waals surface area contributed by atoms with Crippen molar-refractivity contribution in [3.63, 3.8) is 0 Å². The number of aryl methyl sites for hydroxylation is 1. The van der Waals surface area contributed by atoms with E-state index in [0.717, 1.165) is 22.3 Å². The number of para-hydroxylation sites is 1. The molecule has 30 heavy (non-hydrogen) atoms. The number of imidazole rings is 1. The summed E-state index contributed by atoms with van der Waals surface area (Å²) in [6, 6.07) is 9.42.